The molecule has 12 heavy (non-hydrogen) atoms. The number of aromatic nitrogens is 1. The normalized spacial score (nSPS) is 21.0. The molecule has 0 radical (unpaired) electrons. The Kier molecular flexibility index (Phi) is 1.76. The first kappa shape index (κ1) is 7.92. The third kappa shape index (κ3) is 1.08. The summed E-state index contributed by atoms with van der Waals surface area (Å²) >= 11 is 1.73. The zero-order valence-electron chi connectivity index (χ0n) is 7.26. The molecule has 1 aromatic heterocycles. The van der Waals surface area contributed by atoms with E-state index < -0.39 is 0 Å². The Labute approximate surface area is 75.6 Å². The number of rotatable bonds is 1. The lowest BCUT2D eigenvalue weighted by Crippen LogP contribution is -2.05. The van der Waals surface area contributed by atoms with Crippen molar-refractivity contribution in [3.63, 3.8) is 0 Å². The van der Waals surface area contributed by atoms with Gasteiger partial charge in [-0.3, -0.25) is 4.79 Å². The molecule has 0 saturated heterocycles. The molecule has 1 atom stereocenters. The topological polar surface area (TPSA) is 30.0 Å². The van der Waals surface area contributed by atoms with Gasteiger partial charge < -0.3 is 0 Å². The van der Waals surface area contributed by atoms with Gasteiger partial charge in [0.2, 0.25) is 0 Å². The van der Waals surface area contributed by atoms with Gasteiger partial charge >= 0.3 is 0 Å². The molecule has 0 amide bonds. The number of thiazole rings is 1. The molecule has 64 valence electrons. The van der Waals surface area contributed by atoms with Gasteiger partial charge in [-0.15, -0.1) is 11.3 Å². The molecule has 2 rings (SSSR count). The number of hydrogen-bond acceptors (Lipinski definition) is 3. The van der Waals surface area contributed by atoms with Crippen LogP contribution >= 0.6 is 11.3 Å². The van der Waals surface area contributed by atoms with Crippen LogP contribution in [-0.4, -0.2) is 10.8 Å². The fourth-order valence-corrected chi connectivity index (χ4v) is 2.76. The lowest BCUT2D eigenvalue weighted by atomic mass is 10.0. The zero-order valence-corrected chi connectivity index (χ0v) is 8.07. The van der Waals surface area contributed by atoms with E-state index in [4.69, 9.17) is 0 Å². The smallest absolute Gasteiger partial charge is 0.138 e. The van der Waals surface area contributed by atoms with E-state index in [1.807, 2.05) is 6.92 Å². The van der Waals surface area contributed by atoms with Gasteiger partial charge in [0.1, 0.15) is 5.78 Å². The molecule has 0 spiro atoms. The molecular formula is C9H11NOS. The van der Waals surface area contributed by atoms with E-state index in [0.717, 1.165) is 23.5 Å². The molecule has 1 aliphatic carbocycles. The van der Waals surface area contributed by atoms with Crippen molar-refractivity contribution in [2.75, 3.05) is 0 Å². The summed E-state index contributed by atoms with van der Waals surface area (Å²) in [7, 11) is 0. The van der Waals surface area contributed by atoms with Crippen LogP contribution in [0.5, 0.6) is 0 Å². The van der Waals surface area contributed by atoms with Crippen LogP contribution in [-0.2, 0) is 11.2 Å². The van der Waals surface area contributed by atoms with E-state index in [1.165, 1.54) is 4.88 Å². The minimum absolute atomic E-state index is 0.102. The molecule has 1 heterocycles. The van der Waals surface area contributed by atoms with Crippen LogP contribution in [0, 0.1) is 6.92 Å². The molecule has 1 aliphatic rings. The van der Waals surface area contributed by atoms with Gasteiger partial charge in [0.05, 0.1) is 16.6 Å². The maximum absolute atomic E-state index is 11.2. The van der Waals surface area contributed by atoms with Crippen LogP contribution in [0.1, 0.15) is 34.8 Å². The summed E-state index contributed by atoms with van der Waals surface area (Å²) in [4.78, 5) is 16.9. The van der Waals surface area contributed by atoms with E-state index in [9.17, 15) is 4.79 Å². The molecule has 0 bridgehead atoms. The monoisotopic (exact) mass is 181 g/mol. The summed E-state index contributed by atoms with van der Waals surface area (Å²) in [6.07, 6.45) is 2.02. The quantitative estimate of drug-likeness (QED) is 0.664. The Morgan fingerprint density at radius 2 is 2.42 bits per heavy atom. The highest BCUT2D eigenvalue weighted by molar-refractivity contribution is 7.11. The number of Topliss-reactive ketones (excluding diaryl/α,β-unsaturated/α-hetero) is 1. The van der Waals surface area contributed by atoms with Crippen molar-refractivity contribution < 1.29 is 4.79 Å². The molecule has 0 aliphatic heterocycles. The van der Waals surface area contributed by atoms with Gasteiger partial charge in [0.25, 0.3) is 0 Å². The highest BCUT2D eigenvalue weighted by Crippen LogP contribution is 2.36. The molecule has 1 unspecified atom stereocenters. The van der Waals surface area contributed by atoms with E-state index in [2.05, 4.69) is 4.98 Å². The summed E-state index contributed by atoms with van der Waals surface area (Å²) in [5, 5.41) is 1.09. The number of ketones is 1. The van der Waals surface area contributed by atoms with Crippen LogP contribution in [0.25, 0.3) is 0 Å². The highest BCUT2D eigenvalue weighted by Gasteiger charge is 2.29. The first-order valence-corrected chi connectivity index (χ1v) is 4.97. The van der Waals surface area contributed by atoms with Crippen molar-refractivity contribution >= 4 is 17.1 Å². The second-order valence-corrected chi connectivity index (χ2v) is 4.53. The molecule has 1 aromatic rings. The molecule has 2 nitrogen and oxygen atoms in total. The number of carbonyl (C=O) groups excluding carboxylic acids is 1. The lowest BCUT2D eigenvalue weighted by molar-refractivity contribution is -0.118. The van der Waals surface area contributed by atoms with Crippen molar-refractivity contribution in [1.29, 1.82) is 0 Å². The Morgan fingerprint density at radius 1 is 1.67 bits per heavy atom. The predicted molar refractivity (Wildman–Crippen MR) is 48.6 cm³/mol. The van der Waals surface area contributed by atoms with Crippen molar-refractivity contribution in [2.45, 2.75) is 32.6 Å². The number of aryl methyl sites for hydroxylation is 2. The first-order valence-electron chi connectivity index (χ1n) is 4.15. The van der Waals surface area contributed by atoms with Crippen LogP contribution in [0.3, 0.4) is 0 Å². The van der Waals surface area contributed by atoms with Gasteiger partial charge in [-0.05, 0) is 26.7 Å². The van der Waals surface area contributed by atoms with Gasteiger partial charge in [0, 0.05) is 4.88 Å². The van der Waals surface area contributed by atoms with E-state index >= 15 is 0 Å². The second-order valence-electron chi connectivity index (χ2n) is 3.24. The molecule has 0 fully saturated rings. The summed E-state index contributed by atoms with van der Waals surface area (Å²) < 4.78 is 0. The van der Waals surface area contributed by atoms with E-state index in [1.54, 1.807) is 18.3 Å². The van der Waals surface area contributed by atoms with E-state index in [-0.39, 0.29) is 11.7 Å². The maximum atomic E-state index is 11.2. The SMILES string of the molecule is CC(=O)C1CCc2sc(C)nc21. The Balaban J connectivity index is 2.41. The van der Waals surface area contributed by atoms with Crippen molar-refractivity contribution in [3.8, 4) is 0 Å². The predicted octanol–water partition coefficient (Wildman–Crippen LogP) is 2.07. The fraction of sp³-hybridized carbons (Fsp3) is 0.556. The lowest BCUT2D eigenvalue weighted by Gasteiger charge is -2.01. The van der Waals surface area contributed by atoms with Crippen LogP contribution < -0.4 is 0 Å². The average Bonchev–Trinajstić information content (AvgIpc) is 2.43. The summed E-state index contributed by atoms with van der Waals surface area (Å²) in [6, 6.07) is 0. The van der Waals surface area contributed by atoms with Gasteiger partial charge in [-0.25, -0.2) is 4.98 Å². The largest absolute Gasteiger partial charge is 0.299 e. The third-order valence-electron chi connectivity index (χ3n) is 2.32. The Hall–Kier alpha value is -0.700. The van der Waals surface area contributed by atoms with Crippen molar-refractivity contribution in [2.24, 2.45) is 0 Å². The Morgan fingerprint density at radius 3 is 3.08 bits per heavy atom. The second kappa shape index (κ2) is 2.66. The van der Waals surface area contributed by atoms with Gasteiger partial charge in [-0.1, -0.05) is 0 Å². The summed E-state index contributed by atoms with van der Waals surface area (Å²) in [6.45, 7) is 3.66. The number of fused-ring (bicyclic) bond motifs is 1. The standard InChI is InChI=1S/C9H11NOS/c1-5(11)7-3-4-8-9(7)10-6(2)12-8/h7H,3-4H2,1-2H3. The van der Waals surface area contributed by atoms with Crippen molar-refractivity contribution in [3.05, 3.63) is 15.6 Å². The molecule has 0 aromatic carbocycles. The van der Waals surface area contributed by atoms with Crippen LogP contribution in [0.4, 0.5) is 0 Å². The van der Waals surface area contributed by atoms with Gasteiger partial charge in [-0.2, -0.15) is 0 Å². The van der Waals surface area contributed by atoms with Crippen LogP contribution in [0.15, 0.2) is 0 Å². The molecule has 3 heteroatoms. The third-order valence-corrected chi connectivity index (χ3v) is 3.36. The van der Waals surface area contributed by atoms with Gasteiger partial charge in [0.15, 0.2) is 0 Å². The number of nitrogens with zero attached hydrogens (tertiary/aromatic N) is 1. The first-order chi connectivity index (χ1) is 5.68. The van der Waals surface area contributed by atoms with Crippen molar-refractivity contribution in [1.82, 2.24) is 4.98 Å². The summed E-state index contributed by atoms with van der Waals surface area (Å²) in [5.41, 5.74) is 1.06. The highest BCUT2D eigenvalue weighted by atomic mass is 32.1. The minimum Gasteiger partial charge on any atom is -0.299 e. The fourth-order valence-electron chi connectivity index (χ4n) is 1.74. The summed E-state index contributed by atoms with van der Waals surface area (Å²) in [5.74, 6) is 0.365. The number of carbonyl (C=O) groups is 1. The minimum atomic E-state index is 0.102. The number of hydrogen-bond donors (Lipinski definition) is 0. The average molecular weight is 181 g/mol. The van der Waals surface area contributed by atoms with Crippen LogP contribution in [0.2, 0.25) is 0 Å². The molecule has 0 saturated carbocycles. The van der Waals surface area contributed by atoms with E-state index in [0.29, 0.717) is 0 Å². The Bertz CT molecular complexity index is 329. The maximum Gasteiger partial charge on any atom is 0.138 e. The zero-order chi connectivity index (χ0) is 8.72. The molecule has 0 N–H and O–H groups in total. The molecular weight excluding hydrogens is 170 g/mol.